The van der Waals surface area contributed by atoms with Crippen LogP contribution in [0.1, 0.15) is 25.3 Å². The topological polar surface area (TPSA) is 30.7 Å². The van der Waals surface area contributed by atoms with Gasteiger partial charge in [-0.15, -0.1) is 0 Å². The average Bonchev–Trinajstić information content (AvgIpc) is 2.61. The molecule has 0 aliphatic heterocycles. The quantitative estimate of drug-likeness (QED) is 0.728. The Balaban J connectivity index is 2.35. The predicted molar refractivity (Wildman–Crippen MR) is 57.3 cm³/mol. The van der Waals surface area contributed by atoms with Crippen LogP contribution in [-0.2, 0) is 0 Å². The summed E-state index contributed by atoms with van der Waals surface area (Å²) in [4.78, 5) is 1.59. The highest BCUT2D eigenvalue weighted by atomic mass is 35.5. The van der Waals surface area contributed by atoms with E-state index in [1.165, 1.54) is 0 Å². The summed E-state index contributed by atoms with van der Waals surface area (Å²) in [6, 6.07) is 7.78. The third-order valence-corrected chi connectivity index (χ3v) is 2.47. The minimum Gasteiger partial charge on any atom is -0.165 e. The monoisotopic (exact) mass is 209 g/mol. The van der Waals surface area contributed by atoms with Crippen molar-refractivity contribution in [2.45, 2.75) is 25.3 Å². The average molecular weight is 210 g/mol. The largest absolute Gasteiger partial charge is 0.165 e. The fraction of sp³-hybridized carbons (Fsp3) is 0.400. The summed E-state index contributed by atoms with van der Waals surface area (Å²) >= 11 is 6.12. The van der Waals surface area contributed by atoms with Crippen molar-refractivity contribution in [2.24, 2.45) is 0 Å². The number of aromatic nitrogens is 3. The Morgan fingerprint density at radius 3 is 2.36 bits per heavy atom. The maximum absolute atomic E-state index is 6.12. The van der Waals surface area contributed by atoms with Gasteiger partial charge < -0.3 is 0 Å². The van der Waals surface area contributed by atoms with Gasteiger partial charge in [0.25, 0.3) is 0 Å². The smallest absolute Gasteiger partial charge is 0.145 e. The fourth-order valence-electron chi connectivity index (χ4n) is 1.36. The van der Waals surface area contributed by atoms with Gasteiger partial charge in [-0.05, 0) is 18.6 Å². The molecule has 3 nitrogen and oxygen atoms in total. The summed E-state index contributed by atoms with van der Waals surface area (Å²) in [6.07, 6.45) is 1.93. The highest BCUT2D eigenvalue weighted by Gasteiger charge is 2.09. The van der Waals surface area contributed by atoms with Crippen LogP contribution in [0.15, 0.2) is 24.3 Å². The Kier molecular flexibility index (Phi) is 2.68. The highest BCUT2D eigenvalue weighted by molar-refractivity contribution is 6.18. The molecule has 14 heavy (non-hydrogen) atoms. The number of nitrogens with zero attached hydrogens (tertiary/aromatic N) is 3. The number of benzene rings is 1. The van der Waals surface area contributed by atoms with Crippen LogP contribution < -0.4 is 0 Å². The van der Waals surface area contributed by atoms with Crippen LogP contribution in [0.5, 0.6) is 0 Å². The van der Waals surface area contributed by atoms with Crippen LogP contribution in [0.25, 0.3) is 11.0 Å². The molecule has 0 aliphatic rings. The van der Waals surface area contributed by atoms with E-state index in [-0.39, 0.29) is 5.50 Å². The molecule has 0 N–H and O–H groups in total. The summed E-state index contributed by atoms with van der Waals surface area (Å²) in [6.45, 7) is 2.10. The molecule has 0 aliphatic carbocycles. The lowest BCUT2D eigenvalue weighted by Crippen LogP contribution is -2.05. The second kappa shape index (κ2) is 3.96. The van der Waals surface area contributed by atoms with Gasteiger partial charge in [0.05, 0.1) is 0 Å². The number of hydrogen-bond acceptors (Lipinski definition) is 2. The van der Waals surface area contributed by atoms with Gasteiger partial charge in [-0.25, -0.2) is 0 Å². The maximum atomic E-state index is 6.12. The van der Waals surface area contributed by atoms with E-state index in [0.29, 0.717) is 0 Å². The van der Waals surface area contributed by atoms with Crippen molar-refractivity contribution in [1.82, 2.24) is 15.0 Å². The van der Waals surface area contributed by atoms with Crippen LogP contribution in [0.3, 0.4) is 0 Å². The molecule has 0 radical (unpaired) electrons. The van der Waals surface area contributed by atoms with Gasteiger partial charge in [0.2, 0.25) is 0 Å². The normalized spacial score (nSPS) is 13.3. The Labute approximate surface area is 87.7 Å². The van der Waals surface area contributed by atoms with Crippen molar-refractivity contribution in [1.29, 1.82) is 0 Å². The van der Waals surface area contributed by atoms with Gasteiger partial charge in [0.15, 0.2) is 0 Å². The Morgan fingerprint density at radius 1 is 1.29 bits per heavy atom. The molecule has 0 saturated carbocycles. The molecule has 1 heterocycles. The summed E-state index contributed by atoms with van der Waals surface area (Å²) in [7, 11) is 0. The molecule has 2 aromatic rings. The van der Waals surface area contributed by atoms with E-state index in [0.717, 1.165) is 23.9 Å². The number of fused-ring (bicyclic) bond motifs is 1. The first-order valence-corrected chi connectivity index (χ1v) is 5.20. The molecule has 1 aromatic carbocycles. The minimum absolute atomic E-state index is 0.132. The number of alkyl halides is 1. The third kappa shape index (κ3) is 1.73. The van der Waals surface area contributed by atoms with Gasteiger partial charge in [-0.1, -0.05) is 37.1 Å². The molecule has 1 atom stereocenters. The van der Waals surface area contributed by atoms with E-state index in [4.69, 9.17) is 11.6 Å². The fourth-order valence-corrected chi connectivity index (χ4v) is 1.66. The van der Waals surface area contributed by atoms with Crippen LogP contribution in [0, 0.1) is 0 Å². The molecular weight excluding hydrogens is 198 g/mol. The third-order valence-electron chi connectivity index (χ3n) is 2.08. The molecule has 74 valence electrons. The molecule has 4 heteroatoms. The lowest BCUT2D eigenvalue weighted by atomic mass is 10.3. The first-order valence-electron chi connectivity index (χ1n) is 4.77. The second-order valence-electron chi connectivity index (χ2n) is 3.23. The van der Waals surface area contributed by atoms with Gasteiger partial charge in [0, 0.05) is 0 Å². The predicted octanol–water partition coefficient (Wildman–Crippen LogP) is 2.97. The zero-order valence-electron chi connectivity index (χ0n) is 8.02. The van der Waals surface area contributed by atoms with E-state index in [1.54, 1.807) is 4.80 Å². The molecule has 1 unspecified atom stereocenters. The van der Waals surface area contributed by atoms with E-state index < -0.39 is 0 Å². The summed E-state index contributed by atoms with van der Waals surface area (Å²) in [5, 5.41) is 8.61. The molecule has 0 bridgehead atoms. The molecule has 0 spiro atoms. The molecule has 0 fully saturated rings. The van der Waals surface area contributed by atoms with Crippen LogP contribution >= 0.6 is 11.6 Å². The Bertz CT molecular complexity index is 391. The minimum atomic E-state index is -0.132. The number of hydrogen-bond donors (Lipinski definition) is 0. The van der Waals surface area contributed by atoms with Gasteiger partial charge in [-0.3, -0.25) is 0 Å². The SMILES string of the molecule is CCCC(Cl)n1nc2ccccc2n1. The maximum Gasteiger partial charge on any atom is 0.145 e. The highest BCUT2D eigenvalue weighted by Crippen LogP contribution is 2.18. The van der Waals surface area contributed by atoms with Crippen molar-refractivity contribution in [3.05, 3.63) is 24.3 Å². The molecular formula is C10H12ClN3. The van der Waals surface area contributed by atoms with Crippen molar-refractivity contribution in [3.8, 4) is 0 Å². The standard InChI is InChI=1S/C10H12ClN3/c1-2-5-10(11)14-12-8-6-3-4-7-9(8)13-14/h3-4,6-7,10H,2,5H2,1H3. The molecule has 0 amide bonds. The van der Waals surface area contributed by atoms with E-state index in [2.05, 4.69) is 17.1 Å². The lowest BCUT2D eigenvalue weighted by molar-refractivity contribution is 0.491. The Morgan fingerprint density at radius 2 is 1.86 bits per heavy atom. The zero-order chi connectivity index (χ0) is 9.97. The second-order valence-corrected chi connectivity index (χ2v) is 3.74. The summed E-state index contributed by atoms with van der Waals surface area (Å²) in [5.74, 6) is 0. The molecule has 1 aromatic heterocycles. The number of halogens is 1. The van der Waals surface area contributed by atoms with Crippen LogP contribution in [-0.4, -0.2) is 15.0 Å². The van der Waals surface area contributed by atoms with Crippen LogP contribution in [0.2, 0.25) is 0 Å². The van der Waals surface area contributed by atoms with Gasteiger partial charge in [0.1, 0.15) is 16.5 Å². The lowest BCUT2D eigenvalue weighted by Gasteiger charge is -2.04. The van der Waals surface area contributed by atoms with Gasteiger partial charge >= 0.3 is 0 Å². The number of rotatable bonds is 3. The van der Waals surface area contributed by atoms with E-state index >= 15 is 0 Å². The van der Waals surface area contributed by atoms with E-state index in [9.17, 15) is 0 Å². The van der Waals surface area contributed by atoms with Crippen LogP contribution in [0.4, 0.5) is 0 Å². The van der Waals surface area contributed by atoms with Crippen molar-refractivity contribution in [2.75, 3.05) is 0 Å². The van der Waals surface area contributed by atoms with Crippen molar-refractivity contribution >= 4 is 22.6 Å². The van der Waals surface area contributed by atoms with E-state index in [1.807, 2.05) is 24.3 Å². The molecule has 0 saturated heterocycles. The van der Waals surface area contributed by atoms with Crippen molar-refractivity contribution in [3.63, 3.8) is 0 Å². The van der Waals surface area contributed by atoms with Gasteiger partial charge in [-0.2, -0.15) is 15.0 Å². The summed E-state index contributed by atoms with van der Waals surface area (Å²) in [5.41, 5.74) is 1.66. The first-order chi connectivity index (χ1) is 6.81. The molecule has 2 rings (SSSR count). The first kappa shape index (κ1) is 9.46. The summed E-state index contributed by atoms with van der Waals surface area (Å²) < 4.78 is 0. The zero-order valence-corrected chi connectivity index (χ0v) is 8.78. The Hall–Kier alpha value is -1.09. The van der Waals surface area contributed by atoms with Crippen molar-refractivity contribution < 1.29 is 0 Å².